The van der Waals surface area contributed by atoms with Crippen molar-refractivity contribution in [1.29, 1.82) is 0 Å². The van der Waals surface area contributed by atoms with Crippen LogP contribution in [-0.2, 0) is 11.4 Å². The van der Waals surface area contributed by atoms with Crippen LogP contribution in [0.3, 0.4) is 0 Å². The predicted molar refractivity (Wildman–Crippen MR) is 137 cm³/mol. The highest BCUT2D eigenvalue weighted by molar-refractivity contribution is 9.10. The number of halogens is 1. The van der Waals surface area contributed by atoms with E-state index in [2.05, 4.69) is 15.9 Å². The van der Waals surface area contributed by atoms with E-state index in [0.29, 0.717) is 38.9 Å². The topological polar surface area (TPSA) is 99.0 Å². The minimum Gasteiger partial charge on any atom is -0.493 e. The van der Waals surface area contributed by atoms with Crippen molar-refractivity contribution in [3.8, 4) is 11.5 Å². The predicted octanol–water partition coefficient (Wildman–Crippen LogP) is 6.56. The van der Waals surface area contributed by atoms with E-state index >= 15 is 0 Å². The first-order chi connectivity index (χ1) is 16.9. The standard InChI is InChI=1S/C25H25BrN2O6S/c1-33-21-12-18(11-20(26)23(21)34-15-17-7-9-19(10-8-17)28(31)32)13-22-24(29)27(25(30)35-22)14-16-5-3-2-4-6-16/h7-13,16H,2-6,14-15H2,1H3/b22-13+. The molecule has 4 rings (SSSR count). The first-order valence-corrected chi connectivity index (χ1v) is 13.0. The van der Waals surface area contributed by atoms with Gasteiger partial charge in [0, 0.05) is 18.7 Å². The van der Waals surface area contributed by atoms with Gasteiger partial charge in [-0.2, -0.15) is 0 Å². The van der Waals surface area contributed by atoms with Crippen LogP contribution in [0, 0.1) is 16.0 Å². The molecule has 0 bridgehead atoms. The van der Waals surface area contributed by atoms with E-state index < -0.39 is 4.92 Å². The Morgan fingerprint density at radius 1 is 1.17 bits per heavy atom. The molecule has 0 spiro atoms. The highest BCUT2D eigenvalue weighted by atomic mass is 79.9. The summed E-state index contributed by atoms with van der Waals surface area (Å²) in [7, 11) is 1.52. The van der Waals surface area contributed by atoms with Gasteiger partial charge in [0.2, 0.25) is 0 Å². The average Bonchev–Trinajstić information content (AvgIpc) is 3.11. The first-order valence-electron chi connectivity index (χ1n) is 11.3. The minimum atomic E-state index is -0.451. The van der Waals surface area contributed by atoms with Crippen molar-refractivity contribution in [2.45, 2.75) is 38.7 Å². The van der Waals surface area contributed by atoms with Crippen LogP contribution in [0.1, 0.15) is 43.2 Å². The van der Waals surface area contributed by atoms with Gasteiger partial charge in [0.25, 0.3) is 16.8 Å². The monoisotopic (exact) mass is 560 g/mol. The van der Waals surface area contributed by atoms with E-state index in [4.69, 9.17) is 9.47 Å². The fourth-order valence-corrected chi connectivity index (χ4v) is 5.69. The lowest BCUT2D eigenvalue weighted by Gasteiger charge is -2.25. The summed E-state index contributed by atoms with van der Waals surface area (Å²) in [6.45, 7) is 0.677. The van der Waals surface area contributed by atoms with E-state index in [1.807, 2.05) is 0 Å². The third-order valence-corrected chi connectivity index (χ3v) is 7.62. The van der Waals surface area contributed by atoms with E-state index in [0.717, 1.165) is 43.0 Å². The number of nitro groups is 1. The second kappa shape index (κ2) is 11.3. The van der Waals surface area contributed by atoms with Gasteiger partial charge >= 0.3 is 0 Å². The molecule has 2 fully saturated rings. The van der Waals surface area contributed by atoms with Gasteiger partial charge in [-0.3, -0.25) is 24.6 Å². The second-order valence-electron chi connectivity index (χ2n) is 8.54. The Labute approximate surface area is 215 Å². The zero-order chi connectivity index (χ0) is 24.9. The average molecular weight is 561 g/mol. The second-order valence-corrected chi connectivity index (χ2v) is 10.4. The summed E-state index contributed by atoms with van der Waals surface area (Å²) in [6.07, 6.45) is 7.35. The lowest BCUT2D eigenvalue weighted by Crippen LogP contribution is -2.34. The Morgan fingerprint density at radius 3 is 2.54 bits per heavy atom. The summed E-state index contributed by atoms with van der Waals surface area (Å²) in [4.78, 5) is 37.6. The maximum absolute atomic E-state index is 12.9. The maximum atomic E-state index is 12.9. The van der Waals surface area contributed by atoms with Gasteiger partial charge < -0.3 is 9.47 Å². The lowest BCUT2D eigenvalue weighted by atomic mass is 9.89. The molecule has 2 aromatic rings. The van der Waals surface area contributed by atoms with Crippen molar-refractivity contribution in [3.63, 3.8) is 0 Å². The molecule has 10 heteroatoms. The van der Waals surface area contributed by atoms with Crippen LogP contribution < -0.4 is 9.47 Å². The van der Waals surface area contributed by atoms with Gasteiger partial charge in [-0.1, -0.05) is 19.3 Å². The van der Waals surface area contributed by atoms with Crippen molar-refractivity contribution in [1.82, 2.24) is 4.90 Å². The van der Waals surface area contributed by atoms with Crippen LogP contribution in [0.25, 0.3) is 6.08 Å². The Morgan fingerprint density at radius 2 is 1.89 bits per heavy atom. The minimum absolute atomic E-state index is 0.0139. The van der Waals surface area contributed by atoms with Crippen molar-refractivity contribution in [2.75, 3.05) is 13.7 Å². The van der Waals surface area contributed by atoms with Gasteiger partial charge in [-0.05, 0) is 87.9 Å². The maximum Gasteiger partial charge on any atom is 0.293 e. The summed E-state index contributed by atoms with van der Waals surface area (Å²) in [5.74, 6) is 1.06. The molecule has 0 radical (unpaired) electrons. The molecule has 0 atom stereocenters. The van der Waals surface area contributed by atoms with E-state index in [-0.39, 0.29) is 23.4 Å². The number of nitro benzene ring substituents is 1. The first kappa shape index (κ1) is 25.2. The quantitative estimate of drug-likeness (QED) is 0.204. The number of imide groups is 1. The van der Waals surface area contributed by atoms with Crippen molar-refractivity contribution >= 4 is 50.6 Å². The molecule has 0 aromatic heterocycles. The van der Waals surface area contributed by atoms with Crippen LogP contribution in [-0.4, -0.2) is 34.6 Å². The Balaban J connectivity index is 1.47. The van der Waals surface area contributed by atoms with Crippen LogP contribution in [0.4, 0.5) is 10.5 Å². The fraction of sp³-hybridized carbons (Fsp3) is 0.360. The molecule has 8 nitrogen and oxygen atoms in total. The Hall–Kier alpha value is -2.85. The number of thioether (sulfide) groups is 1. The third-order valence-electron chi connectivity index (χ3n) is 6.12. The zero-order valence-corrected chi connectivity index (χ0v) is 21.6. The number of benzene rings is 2. The number of hydrogen-bond donors (Lipinski definition) is 0. The molecule has 1 aliphatic carbocycles. The summed E-state index contributed by atoms with van der Waals surface area (Å²) >= 11 is 4.47. The molecule has 1 saturated carbocycles. The number of carbonyl (C=O) groups is 2. The normalized spacial score (nSPS) is 17.8. The molecule has 35 heavy (non-hydrogen) atoms. The molecule has 1 aliphatic heterocycles. The smallest absolute Gasteiger partial charge is 0.293 e. The van der Waals surface area contributed by atoms with E-state index in [1.54, 1.807) is 30.3 Å². The molecule has 0 N–H and O–H groups in total. The van der Waals surface area contributed by atoms with Crippen molar-refractivity contribution in [3.05, 3.63) is 67.0 Å². The van der Waals surface area contributed by atoms with E-state index in [9.17, 15) is 19.7 Å². The summed E-state index contributed by atoms with van der Waals surface area (Å²) in [5.41, 5.74) is 1.47. The number of methoxy groups -OCH3 is 1. The molecule has 2 amide bonds. The number of amides is 2. The number of nitrogens with zero attached hydrogens (tertiary/aromatic N) is 2. The third kappa shape index (κ3) is 6.05. The number of ether oxygens (including phenoxy) is 2. The number of carbonyl (C=O) groups excluding carboxylic acids is 2. The largest absolute Gasteiger partial charge is 0.493 e. The molecule has 2 aromatic carbocycles. The Bertz CT molecular complexity index is 1160. The highest BCUT2D eigenvalue weighted by Crippen LogP contribution is 2.40. The summed E-state index contributed by atoms with van der Waals surface area (Å²) in [5, 5.41) is 10.6. The zero-order valence-electron chi connectivity index (χ0n) is 19.2. The molecular weight excluding hydrogens is 536 g/mol. The van der Waals surface area contributed by atoms with Crippen molar-refractivity contribution < 1.29 is 24.0 Å². The van der Waals surface area contributed by atoms with Gasteiger partial charge in [0.05, 0.1) is 21.4 Å². The molecule has 2 aliphatic rings. The summed E-state index contributed by atoms with van der Waals surface area (Å²) in [6, 6.07) is 9.66. The van der Waals surface area contributed by atoms with E-state index in [1.165, 1.54) is 30.6 Å². The number of non-ortho nitro benzene ring substituents is 1. The van der Waals surface area contributed by atoms with Crippen LogP contribution in [0.2, 0.25) is 0 Å². The molecule has 1 saturated heterocycles. The highest BCUT2D eigenvalue weighted by Gasteiger charge is 2.36. The number of rotatable bonds is 8. The van der Waals surface area contributed by atoms with Gasteiger partial charge in [0.1, 0.15) is 6.61 Å². The van der Waals surface area contributed by atoms with Gasteiger partial charge in [-0.15, -0.1) is 0 Å². The van der Waals surface area contributed by atoms with Crippen LogP contribution in [0.5, 0.6) is 11.5 Å². The van der Waals surface area contributed by atoms with Gasteiger partial charge in [0.15, 0.2) is 11.5 Å². The molecule has 184 valence electrons. The fourth-order valence-electron chi connectivity index (χ4n) is 4.27. The summed E-state index contributed by atoms with van der Waals surface area (Å²) < 4.78 is 12.0. The molecule has 0 unspecified atom stereocenters. The number of hydrogen-bond acceptors (Lipinski definition) is 7. The lowest BCUT2D eigenvalue weighted by molar-refractivity contribution is -0.384. The SMILES string of the molecule is COc1cc(/C=C2/SC(=O)N(CC3CCCCC3)C2=O)cc(Br)c1OCc1ccc([N+](=O)[O-])cc1. The Kier molecular flexibility index (Phi) is 8.12. The van der Waals surface area contributed by atoms with Crippen LogP contribution >= 0.6 is 27.7 Å². The van der Waals surface area contributed by atoms with Crippen LogP contribution in [0.15, 0.2) is 45.8 Å². The molecular formula is C25H25BrN2O6S. The van der Waals surface area contributed by atoms with Gasteiger partial charge in [-0.25, -0.2) is 0 Å². The van der Waals surface area contributed by atoms with Crippen molar-refractivity contribution in [2.24, 2.45) is 5.92 Å². The molecule has 1 heterocycles.